The third-order valence-corrected chi connectivity index (χ3v) is 0. The molecule has 0 fully saturated rings. The molecule has 0 rings (SSSR count). The van der Waals surface area contributed by atoms with Gasteiger partial charge in [-0.15, -0.1) is 0 Å². The van der Waals surface area contributed by atoms with Crippen LogP contribution in [0.4, 0.5) is 0 Å². The SMILES string of the molecule is O.O.O=P(O)(O)O.O=P(O)(O)O.[H-].[H-].[K+].[K+]. The van der Waals surface area contributed by atoms with Gasteiger partial charge in [0.2, 0.25) is 0 Å². The fourth-order valence-electron chi connectivity index (χ4n) is 0. The van der Waals surface area contributed by atoms with Crippen LogP contribution in [0.3, 0.4) is 0 Å². The summed E-state index contributed by atoms with van der Waals surface area (Å²) in [5, 5.41) is 0. The molecule has 84 valence electrons. The van der Waals surface area contributed by atoms with Gasteiger partial charge in [0.05, 0.1) is 0 Å². The molecule has 0 aliphatic carbocycles. The molecule has 0 heterocycles. The Labute approximate surface area is 167 Å². The van der Waals surface area contributed by atoms with Gasteiger partial charge < -0.3 is 43.2 Å². The number of hydrogen-bond acceptors (Lipinski definition) is 2. The normalized spacial score (nSPS) is 8.43. The molecule has 0 bridgehead atoms. The molecule has 10 nitrogen and oxygen atoms in total. The first-order valence-electron chi connectivity index (χ1n) is 1.57. The van der Waals surface area contributed by atoms with Crippen molar-refractivity contribution in [3.63, 3.8) is 0 Å². The van der Waals surface area contributed by atoms with Crippen LogP contribution in [0.15, 0.2) is 0 Å². The van der Waals surface area contributed by atoms with Crippen molar-refractivity contribution in [2.45, 2.75) is 0 Å². The van der Waals surface area contributed by atoms with E-state index in [-0.39, 0.29) is 117 Å². The van der Waals surface area contributed by atoms with Gasteiger partial charge in [0.15, 0.2) is 0 Å². The van der Waals surface area contributed by atoms with Gasteiger partial charge in [-0.3, -0.25) is 0 Å². The first kappa shape index (κ1) is 36.0. The average molecular weight is 312 g/mol. The van der Waals surface area contributed by atoms with Crippen LogP contribution in [-0.4, -0.2) is 40.3 Å². The fourth-order valence-corrected chi connectivity index (χ4v) is 0. The largest absolute Gasteiger partial charge is 1.00 e. The summed E-state index contributed by atoms with van der Waals surface area (Å²) in [5.41, 5.74) is 0. The predicted molar refractivity (Wildman–Crippen MR) is 38.0 cm³/mol. The summed E-state index contributed by atoms with van der Waals surface area (Å²) in [5.74, 6) is 0. The van der Waals surface area contributed by atoms with Gasteiger partial charge in [0, 0.05) is 0 Å². The van der Waals surface area contributed by atoms with E-state index in [0.717, 1.165) is 0 Å². The third kappa shape index (κ3) is 275. The Hall–Kier alpha value is 3.41. The Kier molecular flexibility index (Phi) is 42.2. The van der Waals surface area contributed by atoms with Gasteiger partial charge in [-0.1, -0.05) is 0 Å². The monoisotopic (exact) mass is 312 g/mol. The third-order valence-electron chi connectivity index (χ3n) is 0. The summed E-state index contributed by atoms with van der Waals surface area (Å²) >= 11 is 0. The van der Waals surface area contributed by atoms with Gasteiger partial charge in [-0.05, 0) is 0 Å². The van der Waals surface area contributed by atoms with Crippen molar-refractivity contribution in [2.24, 2.45) is 0 Å². The average Bonchev–Trinajstić information content (AvgIpc) is 1.12. The molecule has 0 amide bonds. The van der Waals surface area contributed by atoms with Gasteiger partial charge in [0.25, 0.3) is 0 Å². The molecule has 0 aliphatic rings. The Bertz CT molecular complexity index is 137. The van der Waals surface area contributed by atoms with Crippen LogP contribution in [0, 0.1) is 0 Å². The summed E-state index contributed by atoms with van der Waals surface area (Å²) in [4.78, 5) is 43.1. The Balaban J connectivity index is -0.00000000970. The standard InChI is InChI=1S/2K.2H3O4P.2H2O.2H/c;;2*1-5(2,3)4;;;;/h;;2*(H3,1,2,3,4);2*1H2;;/q2*+1;;;;;2*-1. The summed E-state index contributed by atoms with van der Waals surface area (Å²) in [7, 11) is -9.28. The molecule has 10 N–H and O–H groups in total. The van der Waals surface area contributed by atoms with Gasteiger partial charge in [0.1, 0.15) is 0 Å². The van der Waals surface area contributed by atoms with E-state index in [0.29, 0.717) is 0 Å². The van der Waals surface area contributed by atoms with Crippen LogP contribution < -0.4 is 103 Å². The fraction of sp³-hybridized carbons (Fsp3) is 0. The van der Waals surface area contributed by atoms with Crippen LogP contribution >= 0.6 is 15.6 Å². The minimum atomic E-state index is -4.64. The first-order valence-corrected chi connectivity index (χ1v) is 4.70. The van der Waals surface area contributed by atoms with Crippen molar-refractivity contribution >= 4 is 15.6 Å². The molecule has 14 heavy (non-hydrogen) atoms. The molecule has 14 heteroatoms. The van der Waals surface area contributed by atoms with Crippen LogP contribution in [-0.2, 0) is 9.13 Å². The summed E-state index contributed by atoms with van der Waals surface area (Å²) < 4.78 is 17.8. The van der Waals surface area contributed by atoms with Crippen molar-refractivity contribution in [1.29, 1.82) is 0 Å². The molecule has 0 aromatic rings. The Morgan fingerprint density at radius 1 is 0.643 bits per heavy atom. The van der Waals surface area contributed by atoms with Crippen LogP contribution in [0.5, 0.6) is 0 Å². The van der Waals surface area contributed by atoms with Crippen LogP contribution in [0.1, 0.15) is 2.85 Å². The molecule has 0 spiro atoms. The molecule has 0 radical (unpaired) electrons. The van der Waals surface area contributed by atoms with Crippen molar-refractivity contribution in [3.8, 4) is 0 Å². The molecule has 0 aliphatic heterocycles. The van der Waals surface area contributed by atoms with Crippen molar-refractivity contribution in [2.75, 3.05) is 0 Å². The molecule has 0 atom stereocenters. The van der Waals surface area contributed by atoms with E-state index in [2.05, 4.69) is 0 Å². The first-order chi connectivity index (χ1) is 4.00. The molecular formula is H12K2O10P2. The zero-order chi connectivity index (χ0) is 9.00. The minimum Gasteiger partial charge on any atom is -1.00 e. The summed E-state index contributed by atoms with van der Waals surface area (Å²) in [6, 6.07) is 0. The minimum absolute atomic E-state index is 0. The smallest absolute Gasteiger partial charge is 1.00 e. The maximum Gasteiger partial charge on any atom is 1.00 e. The molecule has 0 aromatic heterocycles. The second-order valence-corrected chi connectivity index (χ2v) is 3.08. The van der Waals surface area contributed by atoms with E-state index in [9.17, 15) is 0 Å². The van der Waals surface area contributed by atoms with Crippen molar-refractivity contribution < 1.29 is 155 Å². The van der Waals surface area contributed by atoms with E-state index in [1.165, 1.54) is 0 Å². The number of hydrogen-bond donors (Lipinski definition) is 6. The zero-order valence-corrected chi connectivity index (χ0v) is 15.4. The topological polar surface area (TPSA) is 219 Å². The summed E-state index contributed by atoms with van der Waals surface area (Å²) in [6.07, 6.45) is 0. The van der Waals surface area contributed by atoms with Gasteiger partial charge in [-0.2, -0.15) is 0 Å². The Morgan fingerprint density at radius 2 is 0.643 bits per heavy atom. The molecule has 0 saturated carbocycles. The van der Waals surface area contributed by atoms with Gasteiger partial charge >= 0.3 is 118 Å². The second kappa shape index (κ2) is 16.4. The molecule has 0 saturated heterocycles. The molecular weight excluding hydrogens is 300 g/mol. The number of rotatable bonds is 0. The molecule has 0 aromatic carbocycles. The van der Waals surface area contributed by atoms with Gasteiger partial charge in [-0.25, -0.2) is 9.13 Å². The van der Waals surface area contributed by atoms with E-state index in [4.69, 9.17) is 38.5 Å². The second-order valence-electron chi connectivity index (χ2n) is 1.03. The van der Waals surface area contributed by atoms with E-state index in [1.807, 2.05) is 0 Å². The predicted octanol–water partition coefficient (Wildman–Crippen LogP) is -9.27. The quantitative estimate of drug-likeness (QED) is 0.186. The Morgan fingerprint density at radius 3 is 0.643 bits per heavy atom. The van der Waals surface area contributed by atoms with Crippen molar-refractivity contribution in [1.82, 2.24) is 0 Å². The zero-order valence-electron chi connectivity index (χ0n) is 9.39. The van der Waals surface area contributed by atoms with Crippen LogP contribution in [0.25, 0.3) is 0 Å². The summed E-state index contributed by atoms with van der Waals surface area (Å²) in [6.45, 7) is 0. The van der Waals surface area contributed by atoms with Crippen LogP contribution in [0.2, 0.25) is 0 Å². The van der Waals surface area contributed by atoms with E-state index < -0.39 is 15.6 Å². The van der Waals surface area contributed by atoms with E-state index >= 15 is 0 Å². The van der Waals surface area contributed by atoms with Crippen molar-refractivity contribution in [3.05, 3.63) is 0 Å². The molecule has 0 unspecified atom stereocenters. The number of phosphoric acid groups is 2. The maximum atomic E-state index is 8.88. The van der Waals surface area contributed by atoms with E-state index in [1.54, 1.807) is 0 Å². The maximum absolute atomic E-state index is 8.88.